The fourth-order valence-electron chi connectivity index (χ4n) is 2.62. The predicted octanol–water partition coefficient (Wildman–Crippen LogP) is 2.62. The molecule has 0 amide bonds. The number of hydrogen-bond donors (Lipinski definition) is 1. The molecule has 1 aliphatic carbocycles. The van der Waals surface area contributed by atoms with Crippen LogP contribution in [0.3, 0.4) is 0 Å². The standard InChI is InChI=1S/C14H17F2NO/c15-11-4-1-9(7-12(11)16)8-17-13-5-6-18-14(13)10-2-3-10/h1,4,7,10,13-14,17H,2-3,5-6,8H2. The zero-order valence-electron chi connectivity index (χ0n) is 10.2. The van der Waals surface area contributed by atoms with Crippen LogP contribution < -0.4 is 5.32 Å². The molecule has 2 fully saturated rings. The maximum atomic E-state index is 13.1. The van der Waals surface area contributed by atoms with E-state index in [1.165, 1.54) is 25.0 Å². The Labute approximate surface area is 105 Å². The molecule has 98 valence electrons. The van der Waals surface area contributed by atoms with Gasteiger partial charge in [-0.15, -0.1) is 0 Å². The van der Waals surface area contributed by atoms with Crippen LogP contribution in [-0.4, -0.2) is 18.8 Å². The Kier molecular flexibility index (Phi) is 3.31. The van der Waals surface area contributed by atoms with Crippen LogP contribution in [0.15, 0.2) is 18.2 Å². The van der Waals surface area contributed by atoms with Crippen molar-refractivity contribution in [2.24, 2.45) is 5.92 Å². The van der Waals surface area contributed by atoms with Crippen molar-refractivity contribution in [1.82, 2.24) is 5.32 Å². The van der Waals surface area contributed by atoms with E-state index in [-0.39, 0.29) is 0 Å². The van der Waals surface area contributed by atoms with Crippen molar-refractivity contribution in [2.45, 2.75) is 38.0 Å². The normalized spacial score (nSPS) is 27.7. The van der Waals surface area contributed by atoms with Gasteiger partial charge in [-0.2, -0.15) is 0 Å². The first kappa shape index (κ1) is 12.1. The Morgan fingerprint density at radius 2 is 2.00 bits per heavy atom. The van der Waals surface area contributed by atoms with Gasteiger partial charge in [0.15, 0.2) is 11.6 Å². The summed E-state index contributed by atoms with van der Waals surface area (Å²) in [5.74, 6) is -0.871. The summed E-state index contributed by atoms with van der Waals surface area (Å²) in [7, 11) is 0. The quantitative estimate of drug-likeness (QED) is 0.890. The van der Waals surface area contributed by atoms with E-state index in [4.69, 9.17) is 4.74 Å². The average molecular weight is 253 g/mol. The first-order valence-corrected chi connectivity index (χ1v) is 6.53. The minimum atomic E-state index is -0.793. The molecule has 1 saturated carbocycles. The highest BCUT2D eigenvalue weighted by Crippen LogP contribution is 2.38. The van der Waals surface area contributed by atoms with Gasteiger partial charge >= 0.3 is 0 Å². The summed E-state index contributed by atoms with van der Waals surface area (Å²) in [6.07, 6.45) is 3.84. The van der Waals surface area contributed by atoms with Gasteiger partial charge in [0, 0.05) is 19.2 Å². The second-order valence-corrected chi connectivity index (χ2v) is 5.20. The maximum Gasteiger partial charge on any atom is 0.159 e. The number of hydrogen-bond acceptors (Lipinski definition) is 2. The Morgan fingerprint density at radius 3 is 2.72 bits per heavy atom. The molecule has 1 N–H and O–H groups in total. The fourth-order valence-corrected chi connectivity index (χ4v) is 2.62. The average Bonchev–Trinajstić information content (AvgIpc) is 3.10. The van der Waals surface area contributed by atoms with Crippen LogP contribution in [0.5, 0.6) is 0 Å². The van der Waals surface area contributed by atoms with Gasteiger partial charge in [-0.25, -0.2) is 8.78 Å². The second kappa shape index (κ2) is 4.94. The molecular weight excluding hydrogens is 236 g/mol. The molecule has 2 unspecified atom stereocenters. The molecule has 4 heteroatoms. The highest BCUT2D eigenvalue weighted by Gasteiger charge is 2.40. The summed E-state index contributed by atoms with van der Waals surface area (Å²) in [5.41, 5.74) is 0.773. The van der Waals surface area contributed by atoms with E-state index in [9.17, 15) is 8.78 Å². The molecule has 3 rings (SSSR count). The monoisotopic (exact) mass is 253 g/mol. The number of nitrogens with one attached hydrogen (secondary N) is 1. The topological polar surface area (TPSA) is 21.3 Å². The van der Waals surface area contributed by atoms with Crippen LogP contribution in [0.1, 0.15) is 24.8 Å². The summed E-state index contributed by atoms with van der Waals surface area (Å²) in [6, 6.07) is 4.40. The lowest BCUT2D eigenvalue weighted by Gasteiger charge is -2.19. The highest BCUT2D eigenvalue weighted by atomic mass is 19.2. The van der Waals surface area contributed by atoms with Crippen LogP contribution in [0.25, 0.3) is 0 Å². The molecule has 1 saturated heterocycles. The molecule has 1 aromatic carbocycles. The number of ether oxygens (including phenoxy) is 1. The van der Waals surface area contributed by atoms with Crippen LogP contribution in [-0.2, 0) is 11.3 Å². The third kappa shape index (κ3) is 2.54. The third-order valence-corrected chi connectivity index (χ3v) is 3.77. The van der Waals surface area contributed by atoms with Crippen molar-refractivity contribution in [2.75, 3.05) is 6.61 Å². The van der Waals surface area contributed by atoms with E-state index in [1.807, 2.05) is 0 Å². The molecular formula is C14H17F2NO. The highest BCUT2D eigenvalue weighted by molar-refractivity contribution is 5.17. The Bertz CT molecular complexity index is 434. The lowest BCUT2D eigenvalue weighted by Crippen LogP contribution is -2.37. The van der Waals surface area contributed by atoms with E-state index in [0.29, 0.717) is 24.6 Å². The lowest BCUT2D eigenvalue weighted by molar-refractivity contribution is 0.0809. The molecule has 0 aromatic heterocycles. The first-order chi connectivity index (χ1) is 8.74. The summed E-state index contributed by atoms with van der Waals surface area (Å²) >= 11 is 0. The molecule has 1 aromatic rings. The van der Waals surface area contributed by atoms with Gasteiger partial charge in [0.1, 0.15) is 0 Å². The summed E-state index contributed by atoms with van der Waals surface area (Å²) in [6.45, 7) is 1.37. The molecule has 0 bridgehead atoms. The SMILES string of the molecule is Fc1ccc(CNC2CCOC2C2CC2)cc1F. The van der Waals surface area contributed by atoms with Crippen molar-refractivity contribution < 1.29 is 13.5 Å². The van der Waals surface area contributed by atoms with Gasteiger partial charge in [0.2, 0.25) is 0 Å². The molecule has 2 nitrogen and oxygen atoms in total. The maximum absolute atomic E-state index is 13.1. The number of halogens is 2. The van der Waals surface area contributed by atoms with Gasteiger partial charge < -0.3 is 10.1 Å². The van der Waals surface area contributed by atoms with E-state index in [1.54, 1.807) is 6.07 Å². The Morgan fingerprint density at radius 1 is 1.17 bits per heavy atom. The Balaban J connectivity index is 1.58. The number of rotatable bonds is 4. The smallest absolute Gasteiger partial charge is 0.159 e. The minimum absolute atomic E-state index is 0.315. The summed E-state index contributed by atoms with van der Waals surface area (Å²) < 4.78 is 31.6. The van der Waals surface area contributed by atoms with E-state index >= 15 is 0 Å². The lowest BCUT2D eigenvalue weighted by atomic mass is 10.1. The Hall–Kier alpha value is -1.00. The molecule has 1 heterocycles. The zero-order valence-corrected chi connectivity index (χ0v) is 10.2. The van der Waals surface area contributed by atoms with Crippen LogP contribution in [0.2, 0.25) is 0 Å². The fraction of sp³-hybridized carbons (Fsp3) is 0.571. The summed E-state index contributed by atoms with van der Waals surface area (Å²) in [5, 5.41) is 3.40. The summed E-state index contributed by atoms with van der Waals surface area (Å²) in [4.78, 5) is 0. The molecule has 1 aliphatic heterocycles. The zero-order chi connectivity index (χ0) is 12.5. The van der Waals surface area contributed by atoms with Crippen LogP contribution in [0, 0.1) is 17.6 Å². The number of benzene rings is 1. The van der Waals surface area contributed by atoms with Crippen LogP contribution in [0.4, 0.5) is 8.78 Å². The van der Waals surface area contributed by atoms with Gasteiger partial charge in [0.25, 0.3) is 0 Å². The van der Waals surface area contributed by atoms with Crippen molar-refractivity contribution in [3.05, 3.63) is 35.4 Å². The molecule has 2 atom stereocenters. The van der Waals surface area contributed by atoms with Gasteiger partial charge in [-0.3, -0.25) is 0 Å². The largest absolute Gasteiger partial charge is 0.376 e. The van der Waals surface area contributed by atoms with Crippen molar-refractivity contribution in [1.29, 1.82) is 0 Å². The van der Waals surface area contributed by atoms with Gasteiger partial charge in [-0.1, -0.05) is 6.07 Å². The molecule has 18 heavy (non-hydrogen) atoms. The van der Waals surface area contributed by atoms with Gasteiger partial charge in [-0.05, 0) is 42.9 Å². The van der Waals surface area contributed by atoms with Crippen molar-refractivity contribution in [3.63, 3.8) is 0 Å². The molecule has 2 aliphatic rings. The van der Waals surface area contributed by atoms with E-state index < -0.39 is 11.6 Å². The predicted molar refractivity (Wildman–Crippen MR) is 64.1 cm³/mol. The minimum Gasteiger partial charge on any atom is -0.376 e. The van der Waals surface area contributed by atoms with E-state index in [0.717, 1.165) is 18.6 Å². The molecule has 0 spiro atoms. The first-order valence-electron chi connectivity index (χ1n) is 6.53. The second-order valence-electron chi connectivity index (χ2n) is 5.20. The van der Waals surface area contributed by atoms with Crippen molar-refractivity contribution >= 4 is 0 Å². The van der Waals surface area contributed by atoms with Crippen molar-refractivity contribution in [3.8, 4) is 0 Å². The van der Waals surface area contributed by atoms with E-state index in [2.05, 4.69) is 5.32 Å². The van der Waals surface area contributed by atoms with Gasteiger partial charge in [0.05, 0.1) is 6.10 Å². The third-order valence-electron chi connectivity index (χ3n) is 3.77. The van der Waals surface area contributed by atoms with Crippen LogP contribution >= 0.6 is 0 Å². The molecule has 0 radical (unpaired) electrons.